The highest BCUT2D eigenvalue weighted by Gasteiger charge is 2.03. The van der Waals surface area contributed by atoms with Gasteiger partial charge in [0.25, 0.3) is 0 Å². The molecule has 3 rings (SSSR count). The van der Waals surface area contributed by atoms with Gasteiger partial charge in [-0.05, 0) is 12.1 Å². The molecule has 0 radical (unpaired) electrons. The Morgan fingerprint density at radius 1 is 1.10 bits per heavy atom. The molecule has 0 aliphatic carbocycles. The van der Waals surface area contributed by atoms with Crippen LogP contribution in [0.4, 0.5) is 5.69 Å². The Kier molecular flexibility index (Phi) is 3.24. The van der Waals surface area contributed by atoms with E-state index in [2.05, 4.69) is 16.4 Å². The first-order valence-electron chi connectivity index (χ1n) is 6.09. The molecule has 5 nitrogen and oxygen atoms in total. The van der Waals surface area contributed by atoms with Crippen LogP contribution in [0.25, 0.3) is 5.69 Å². The van der Waals surface area contributed by atoms with E-state index in [1.807, 2.05) is 36.4 Å². The molecule has 0 bridgehead atoms. The van der Waals surface area contributed by atoms with Crippen molar-refractivity contribution in [2.45, 2.75) is 0 Å². The second-order valence-electron chi connectivity index (χ2n) is 4.13. The lowest BCUT2D eigenvalue weighted by Crippen LogP contribution is -1.99. The first-order chi connectivity index (χ1) is 9.83. The molecular weight excluding hydrogens is 252 g/mol. The number of hydrogen-bond acceptors (Lipinski definition) is 3. The monoisotopic (exact) mass is 263 g/mol. The molecule has 1 aromatic heterocycles. The number of rotatable bonds is 3. The summed E-state index contributed by atoms with van der Waals surface area (Å²) < 4.78 is 2.34. The third kappa shape index (κ3) is 2.56. The van der Waals surface area contributed by atoms with Gasteiger partial charge in [0.2, 0.25) is 6.21 Å². The second kappa shape index (κ2) is 5.36. The number of benzene rings is 2. The van der Waals surface area contributed by atoms with Gasteiger partial charge in [0, 0.05) is 0 Å². The Balaban J connectivity index is 1.88. The molecule has 0 amide bonds. The van der Waals surface area contributed by atoms with Gasteiger partial charge in [0.05, 0.1) is 11.9 Å². The highest BCUT2D eigenvalue weighted by atomic mass is 16.5. The van der Waals surface area contributed by atoms with E-state index >= 15 is 0 Å². The van der Waals surface area contributed by atoms with E-state index in [4.69, 9.17) is 0 Å². The molecule has 98 valence electrons. The molecule has 5 heteroatoms. The summed E-state index contributed by atoms with van der Waals surface area (Å²) in [5.74, 6) is 0. The lowest BCUT2D eigenvalue weighted by molar-refractivity contribution is -0.354. The zero-order valence-electron chi connectivity index (χ0n) is 10.5. The molecule has 0 fully saturated rings. The fourth-order valence-corrected chi connectivity index (χ4v) is 1.75. The summed E-state index contributed by atoms with van der Waals surface area (Å²) in [7, 11) is 0. The van der Waals surface area contributed by atoms with Crippen LogP contribution in [-0.2, 0) is 0 Å². The maximum Gasteiger partial charge on any atom is 0.208 e. The third-order valence-corrected chi connectivity index (χ3v) is 2.71. The molecular formula is C15H11N4O-. The van der Waals surface area contributed by atoms with Crippen molar-refractivity contribution < 1.29 is 4.74 Å². The quantitative estimate of drug-likeness (QED) is 0.239. The van der Waals surface area contributed by atoms with Gasteiger partial charge in [-0.3, -0.25) is 0 Å². The van der Waals surface area contributed by atoms with E-state index in [1.165, 1.54) is 6.21 Å². The maximum absolute atomic E-state index is 11.9. The molecule has 2 aromatic carbocycles. The number of para-hydroxylation sites is 2. The molecule has 1 heterocycles. The highest BCUT2D eigenvalue weighted by Crippen LogP contribution is 2.09. The largest absolute Gasteiger partial charge is 0.620 e. The van der Waals surface area contributed by atoms with E-state index in [0.717, 1.165) is 10.4 Å². The van der Waals surface area contributed by atoms with Gasteiger partial charge in [-0.25, -0.2) is 4.68 Å². The predicted molar refractivity (Wildman–Crippen MR) is 75.1 cm³/mol. The smallest absolute Gasteiger partial charge is 0.208 e. The van der Waals surface area contributed by atoms with E-state index < -0.39 is 0 Å². The number of nitrogens with zero attached hydrogens (tertiary/aromatic N) is 4. The van der Waals surface area contributed by atoms with Gasteiger partial charge >= 0.3 is 0 Å². The fourth-order valence-electron chi connectivity index (χ4n) is 1.75. The summed E-state index contributed by atoms with van der Waals surface area (Å²) in [6, 6.07) is 19.4. The topological polar surface area (TPSA) is 56.8 Å². The van der Waals surface area contributed by atoms with Crippen LogP contribution in [0.5, 0.6) is 0 Å². The molecule has 0 unspecified atom stereocenters. The van der Waals surface area contributed by atoms with Gasteiger partial charge in [0.15, 0.2) is 5.69 Å². The van der Waals surface area contributed by atoms with Gasteiger partial charge < -0.3 is 5.21 Å². The van der Waals surface area contributed by atoms with Crippen molar-refractivity contribution in [1.29, 1.82) is 0 Å². The van der Waals surface area contributed by atoms with Crippen LogP contribution in [0, 0.1) is 11.3 Å². The van der Waals surface area contributed by atoms with E-state index in [9.17, 15) is 5.21 Å². The van der Waals surface area contributed by atoms with Crippen LogP contribution in [0.1, 0.15) is 5.69 Å². The van der Waals surface area contributed by atoms with Crippen molar-refractivity contribution in [1.82, 2.24) is 15.0 Å². The van der Waals surface area contributed by atoms with Crippen LogP contribution in [0.2, 0.25) is 0 Å². The average molecular weight is 263 g/mol. The van der Waals surface area contributed by atoms with Crippen molar-refractivity contribution >= 4 is 11.9 Å². The average Bonchev–Trinajstić information content (AvgIpc) is 2.97. The fraction of sp³-hybridized carbons (Fsp3) is 0. The van der Waals surface area contributed by atoms with Gasteiger partial charge in [-0.2, -0.15) is 22.9 Å². The summed E-state index contributed by atoms with van der Waals surface area (Å²) >= 11 is 0. The van der Waals surface area contributed by atoms with Crippen LogP contribution in [-0.4, -0.2) is 25.9 Å². The molecule has 3 aromatic rings. The predicted octanol–water partition coefficient (Wildman–Crippen LogP) is 2.33. The van der Waals surface area contributed by atoms with Crippen molar-refractivity contribution in [3.8, 4) is 5.69 Å². The Morgan fingerprint density at radius 3 is 2.65 bits per heavy atom. The van der Waals surface area contributed by atoms with Crippen molar-refractivity contribution in [3.63, 3.8) is 0 Å². The van der Waals surface area contributed by atoms with Crippen molar-refractivity contribution in [3.05, 3.63) is 77.8 Å². The SMILES string of the molecule is [O-]/[N+](=C\c1cn(-c2ccccc2)nn1)c1[c-]cccc1. The van der Waals surface area contributed by atoms with Crippen LogP contribution in [0.15, 0.2) is 60.8 Å². The minimum atomic E-state index is 0.432. The van der Waals surface area contributed by atoms with Crippen molar-refractivity contribution in [2.75, 3.05) is 0 Å². The van der Waals surface area contributed by atoms with Gasteiger partial charge in [-0.1, -0.05) is 29.5 Å². The number of hydrogen-bond donors (Lipinski definition) is 0. The zero-order valence-corrected chi connectivity index (χ0v) is 10.5. The third-order valence-electron chi connectivity index (χ3n) is 2.71. The minimum Gasteiger partial charge on any atom is -0.620 e. The lowest BCUT2D eigenvalue weighted by Gasteiger charge is -2.05. The van der Waals surface area contributed by atoms with Crippen LogP contribution >= 0.6 is 0 Å². The van der Waals surface area contributed by atoms with Crippen molar-refractivity contribution in [2.24, 2.45) is 0 Å². The molecule has 0 aliphatic heterocycles. The van der Waals surface area contributed by atoms with E-state index in [0.29, 0.717) is 11.4 Å². The van der Waals surface area contributed by atoms with Gasteiger partial charge in [-0.15, -0.1) is 11.2 Å². The van der Waals surface area contributed by atoms with Gasteiger partial charge in [0.1, 0.15) is 5.69 Å². The molecule has 0 aliphatic rings. The Morgan fingerprint density at radius 2 is 1.90 bits per heavy atom. The maximum atomic E-state index is 11.9. The molecule has 20 heavy (non-hydrogen) atoms. The normalized spacial score (nSPS) is 11.5. The van der Waals surface area contributed by atoms with Crippen LogP contribution in [0.3, 0.4) is 0 Å². The molecule has 0 spiro atoms. The van der Waals surface area contributed by atoms with E-state index in [-0.39, 0.29) is 0 Å². The zero-order chi connectivity index (χ0) is 13.8. The summed E-state index contributed by atoms with van der Waals surface area (Å²) in [5, 5.41) is 19.9. The number of aromatic nitrogens is 3. The highest BCUT2D eigenvalue weighted by molar-refractivity contribution is 5.73. The Hall–Kier alpha value is -2.95. The summed E-state index contributed by atoms with van der Waals surface area (Å²) in [4.78, 5) is 0. The van der Waals surface area contributed by atoms with Crippen LogP contribution < -0.4 is 0 Å². The standard InChI is InChI=1S/C15H11N4O/c20-19(15-9-5-2-6-10-15)12-13-11-18(17-16-13)14-7-3-1-4-8-14/h1-9,11-12H/q-1/b19-12-. The molecule has 0 atom stereocenters. The molecule has 0 saturated heterocycles. The molecule has 0 N–H and O–H groups in total. The minimum absolute atomic E-state index is 0.432. The summed E-state index contributed by atoms with van der Waals surface area (Å²) in [5.41, 5.74) is 1.81. The Labute approximate surface area is 116 Å². The Bertz CT molecular complexity index is 720. The summed E-state index contributed by atoms with van der Waals surface area (Å²) in [6.07, 6.45) is 3.07. The first-order valence-corrected chi connectivity index (χ1v) is 6.09. The lowest BCUT2D eigenvalue weighted by atomic mass is 10.3. The first kappa shape index (κ1) is 12.1. The molecule has 0 saturated carbocycles. The van der Waals surface area contributed by atoms with E-state index in [1.54, 1.807) is 29.1 Å². The summed E-state index contributed by atoms with van der Waals surface area (Å²) in [6.45, 7) is 0. The second-order valence-corrected chi connectivity index (χ2v) is 4.13.